The smallest absolute Gasteiger partial charge is 0.123 e. The molecule has 2 unspecified atom stereocenters. The average molecular weight is 249 g/mol. The fraction of sp³-hybridized carbons (Fsp3) is 0.600. The molecule has 1 saturated carbocycles. The van der Waals surface area contributed by atoms with Gasteiger partial charge in [0.05, 0.1) is 14.2 Å². The SMILES string of the molecule is COc1ccc(OC)c(C(C)NC2CC2(C)C)c1. The lowest BCUT2D eigenvalue weighted by Gasteiger charge is -2.19. The molecule has 1 N–H and O–H groups in total. The van der Waals surface area contributed by atoms with Gasteiger partial charge in [0.2, 0.25) is 0 Å². The zero-order valence-electron chi connectivity index (χ0n) is 11.9. The van der Waals surface area contributed by atoms with Gasteiger partial charge in [-0.2, -0.15) is 0 Å². The van der Waals surface area contributed by atoms with Gasteiger partial charge in [-0.1, -0.05) is 13.8 Å². The van der Waals surface area contributed by atoms with Crippen LogP contribution in [0.5, 0.6) is 11.5 Å². The van der Waals surface area contributed by atoms with Crippen LogP contribution in [0.25, 0.3) is 0 Å². The Bertz CT molecular complexity index is 429. The summed E-state index contributed by atoms with van der Waals surface area (Å²) < 4.78 is 10.7. The highest BCUT2D eigenvalue weighted by Gasteiger charge is 2.46. The summed E-state index contributed by atoms with van der Waals surface area (Å²) in [6.45, 7) is 6.76. The van der Waals surface area contributed by atoms with Crippen LogP contribution in [0.1, 0.15) is 38.8 Å². The number of benzene rings is 1. The Morgan fingerprint density at radius 2 is 1.94 bits per heavy atom. The van der Waals surface area contributed by atoms with E-state index >= 15 is 0 Å². The highest BCUT2D eigenvalue weighted by molar-refractivity contribution is 5.42. The lowest BCUT2D eigenvalue weighted by molar-refractivity contribution is 0.389. The second kappa shape index (κ2) is 4.81. The minimum absolute atomic E-state index is 0.266. The van der Waals surface area contributed by atoms with E-state index in [-0.39, 0.29) is 6.04 Å². The summed E-state index contributed by atoms with van der Waals surface area (Å²) in [5, 5.41) is 3.65. The molecule has 0 saturated heterocycles. The summed E-state index contributed by atoms with van der Waals surface area (Å²) in [5.41, 5.74) is 1.58. The minimum Gasteiger partial charge on any atom is -0.497 e. The molecule has 1 aromatic carbocycles. The van der Waals surface area contributed by atoms with Gasteiger partial charge in [-0.05, 0) is 37.0 Å². The predicted octanol–water partition coefficient (Wildman–Crippen LogP) is 3.15. The van der Waals surface area contributed by atoms with Crippen molar-refractivity contribution in [2.45, 2.75) is 39.3 Å². The third-order valence-electron chi connectivity index (χ3n) is 3.87. The van der Waals surface area contributed by atoms with Gasteiger partial charge in [-0.15, -0.1) is 0 Å². The topological polar surface area (TPSA) is 30.5 Å². The van der Waals surface area contributed by atoms with Crippen LogP contribution < -0.4 is 14.8 Å². The van der Waals surface area contributed by atoms with Crippen molar-refractivity contribution in [3.8, 4) is 11.5 Å². The van der Waals surface area contributed by atoms with Gasteiger partial charge in [0, 0.05) is 17.6 Å². The maximum atomic E-state index is 5.42. The first kappa shape index (κ1) is 13.2. The number of hydrogen-bond donors (Lipinski definition) is 1. The number of methoxy groups -OCH3 is 2. The summed E-state index contributed by atoms with van der Waals surface area (Å²) in [6.07, 6.45) is 1.24. The van der Waals surface area contributed by atoms with Crippen molar-refractivity contribution in [1.29, 1.82) is 0 Å². The first-order valence-electron chi connectivity index (χ1n) is 6.46. The van der Waals surface area contributed by atoms with E-state index < -0.39 is 0 Å². The fourth-order valence-corrected chi connectivity index (χ4v) is 2.32. The van der Waals surface area contributed by atoms with Crippen molar-refractivity contribution in [3.63, 3.8) is 0 Å². The zero-order chi connectivity index (χ0) is 13.3. The van der Waals surface area contributed by atoms with E-state index in [0.717, 1.165) is 17.1 Å². The van der Waals surface area contributed by atoms with Crippen LogP contribution in [0.3, 0.4) is 0 Å². The summed E-state index contributed by atoms with van der Waals surface area (Å²) in [6, 6.07) is 6.80. The standard InChI is InChI=1S/C15H23NO2/c1-10(16-14-9-15(14,2)3)12-8-11(17-4)6-7-13(12)18-5/h6-8,10,14,16H,9H2,1-5H3. The maximum Gasteiger partial charge on any atom is 0.123 e. The molecule has 0 spiro atoms. The molecule has 0 amide bonds. The molecule has 3 nitrogen and oxygen atoms in total. The van der Waals surface area contributed by atoms with E-state index in [1.165, 1.54) is 6.42 Å². The molecule has 100 valence electrons. The molecule has 1 fully saturated rings. The van der Waals surface area contributed by atoms with Crippen LogP contribution in [-0.4, -0.2) is 20.3 Å². The first-order valence-corrected chi connectivity index (χ1v) is 6.46. The minimum atomic E-state index is 0.266. The van der Waals surface area contributed by atoms with Crippen molar-refractivity contribution in [2.24, 2.45) is 5.41 Å². The Hall–Kier alpha value is -1.22. The van der Waals surface area contributed by atoms with Gasteiger partial charge >= 0.3 is 0 Å². The average Bonchev–Trinajstić information content (AvgIpc) is 2.95. The second-order valence-electron chi connectivity index (χ2n) is 5.74. The van der Waals surface area contributed by atoms with E-state index in [0.29, 0.717) is 11.5 Å². The third kappa shape index (κ3) is 2.61. The summed E-state index contributed by atoms with van der Waals surface area (Å²) >= 11 is 0. The predicted molar refractivity (Wildman–Crippen MR) is 73.3 cm³/mol. The normalized spacial score (nSPS) is 22.4. The zero-order valence-corrected chi connectivity index (χ0v) is 11.9. The third-order valence-corrected chi connectivity index (χ3v) is 3.87. The lowest BCUT2D eigenvalue weighted by Crippen LogP contribution is -2.24. The Kier molecular flexibility index (Phi) is 3.53. The summed E-state index contributed by atoms with van der Waals surface area (Å²) in [5.74, 6) is 1.78. The molecular weight excluding hydrogens is 226 g/mol. The van der Waals surface area contributed by atoms with Crippen molar-refractivity contribution >= 4 is 0 Å². The lowest BCUT2D eigenvalue weighted by atomic mass is 10.1. The van der Waals surface area contributed by atoms with Crippen molar-refractivity contribution < 1.29 is 9.47 Å². The number of hydrogen-bond acceptors (Lipinski definition) is 3. The Balaban J connectivity index is 2.15. The van der Waals surface area contributed by atoms with Gasteiger partial charge in [-0.25, -0.2) is 0 Å². The molecule has 0 aromatic heterocycles. The number of nitrogens with one attached hydrogen (secondary N) is 1. The van der Waals surface area contributed by atoms with Crippen LogP contribution in [-0.2, 0) is 0 Å². The van der Waals surface area contributed by atoms with E-state index in [1.807, 2.05) is 18.2 Å². The van der Waals surface area contributed by atoms with Crippen LogP contribution in [0.15, 0.2) is 18.2 Å². The molecule has 1 aliphatic carbocycles. The Labute approximate surface area is 109 Å². The highest BCUT2D eigenvalue weighted by Crippen LogP contribution is 2.46. The van der Waals surface area contributed by atoms with Crippen LogP contribution in [0.4, 0.5) is 0 Å². The molecular formula is C15H23NO2. The monoisotopic (exact) mass is 249 g/mol. The largest absolute Gasteiger partial charge is 0.497 e. The molecule has 2 rings (SSSR count). The molecule has 18 heavy (non-hydrogen) atoms. The molecule has 1 aromatic rings. The summed E-state index contributed by atoms with van der Waals surface area (Å²) in [7, 11) is 3.40. The van der Waals surface area contributed by atoms with Gasteiger partial charge in [0.15, 0.2) is 0 Å². The molecule has 0 radical (unpaired) electrons. The molecule has 1 aliphatic rings. The molecule has 0 aliphatic heterocycles. The second-order valence-corrected chi connectivity index (χ2v) is 5.74. The molecule has 3 heteroatoms. The quantitative estimate of drug-likeness (QED) is 0.869. The molecule has 2 atom stereocenters. The highest BCUT2D eigenvalue weighted by atomic mass is 16.5. The Morgan fingerprint density at radius 3 is 2.44 bits per heavy atom. The number of rotatable bonds is 5. The van der Waals surface area contributed by atoms with Crippen LogP contribution >= 0.6 is 0 Å². The van der Waals surface area contributed by atoms with Crippen LogP contribution in [0.2, 0.25) is 0 Å². The van der Waals surface area contributed by atoms with Gasteiger partial charge in [-0.3, -0.25) is 0 Å². The van der Waals surface area contributed by atoms with Gasteiger partial charge in [0.1, 0.15) is 11.5 Å². The van der Waals surface area contributed by atoms with E-state index in [1.54, 1.807) is 14.2 Å². The van der Waals surface area contributed by atoms with Crippen molar-refractivity contribution in [1.82, 2.24) is 5.32 Å². The van der Waals surface area contributed by atoms with Gasteiger partial charge in [0.25, 0.3) is 0 Å². The fourth-order valence-electron chi connectivity index (χ4n) is 2.32. The van der Waals surface area contributed by atoms with E-state index in [9.17, 15) is 0 Å². The maximum absolute atomic E-state index is 5.42. The molecule has 0 heterocycles. The van der Waals surface area contributed by atoms with E-state index in [2.05, 4.69) is 26.1 Å². The first-order chi connectivity index (χ1) is 8.47. The van der Waals surface area contributed by atoms with Crippen molar-refractivity contribution in [2.75, 3.05) is 14.2 Å². The molecule has 0 bridgehead atoms. The summed E-state index contributed by atoms with van der Waals surface area (Å²) in [4.78, 5) is 0. The Morgan fingerprint density at radius 1 is 1.28 bits per heavy atom. The van der Waals surface area contributed by atoms with E-state index in [4.69, 9.17) is 9.47 Å². The van der Waals surface area contributed by atoms with Crippen molar-refractivity contribution in [3.05, 3.63) is 23.8 Å². The van der Waals surface area contributed by atoms with Gasteiger partial charge < -0.3 is 14.8 Å². The van der Waals surface area contributed by atoms with Crippen LogP contribution in [0, 0.1) is 5.41 Å². The number of ether oxygens (including phenoxy) is 2.